The van der Waals surface area contributed by atoms with Gasteiger partial charge in [-0.05, 0) is 37.0 Å². The van der Waals surface area contributed by atoms with Gasteiger partial charge < -0.3 is 9.64 Å². The van der Waals surface area contributed by atoms with Crippen molar-refractivity contribution in [1.82, 2.24) is 4.90 Å². The molecule has 2 aliphatic heterocycles. The molecule has 0 N–H and O–H groups in total. The van der Waals surface area contributed by atoms with Crippen molar-refractivity contribution in [2.75, 3.05) is 25.4 Å². The fourth-order valence-corrected chi connectivity index (χ4v) is 3.78. The van der Waals surface area contributed by atoms with E-state index >= 15 is 0 Å². The van der Waals surface area contributed by atoms with Crippen LogP contribution >= 0.6 is 23.4 Å². The van der Waals surface area contributed by atoms with E-state index in [0.717, 1.165) is 37.7 Å². The molecule has 1 atom stereocenters. The summed E-state index contributed by atoms with van der Waals surface area (Å²) in [5, 5.41) is 1.96. The Bertz CT molecular complexity index is 486. The number of benzene rings is 1. The molecule has 0 bridgehead atoms. The fraction of sp³-hybridized carbons (Fsp3) is 0.562. The van der Waals surface area contributed by atoms with Gasteiger partial charge in [-0.25, -0.2) is 0 Å². The maximum Gasteiger partial charge on any atom is 0.159 e. The molecule has 0 radical (unpaired) electrons. The van der Waals surface area contributed by atoms with Crippen LogP contribution in [0.25, 0.3) is 0 Å². The van der Waals surface area contributed by atoms with Gasteiger partial charge in [-0.1, -0.05) is 35.5 Å². The summed E-state index contributed by atoms with van der Waals surface area (Å²) in [5.74, 6) is 1.17. The number of hydrogen-bond acceptors (Lipinski definition) is 4. The van der Waals surface area contributed by atoms with E-state index in [1.54, 1.807) is 0 Å². The summed E-state index contributed by atoms with van der Waals surface area (Å²) in [7, 11) is 0. The Kier molecular flexibility index (Phi) is 5.44. The second-order valence-corrected chi connectivity index (χ2v) is 7.01. The molecule has 21 heavy (non-hydrogen) atoms. The lowest BCUT2D eigenvalue weighted by Crippen LogP contribution is -2.36. The number of hydrogen-bond donors (Lipinski definition) is 0. The molecule has 1 aromatic rings. The van der Waals surface area contributed by atoms with Gasteiger partial charge in [-0.3, -0.25) is 4.99 Å². The topological polar surface area (TPSA) is 24.8 Å². The summed E-state index contributed by atoms with van der Waals surface area (Å²) < 4.78 is 5.80. The van der Waals surface area contributed by atoms with Crippen LogP contribution in [0.2, 0.25) is 5.02 Å². The number of nitrogens with zero attached hydrogens (tertiary/aromatic N) is 2. The standard InChI is InChI=1S/C16H21ClN2OS/c17-14-6-4-13(5-7-14)11-19(12-15-3-1-9-20-15)16-18-8-2-10-21-16/h4-7,15H,1-3,8-12H2. The highest BCUT2D eigenvalue weighted by Gasteiger charge is 2.22. The quantitative estimate of drug-likeness (QED) is 0.842. The van der Waals surface area contributed by atoms with Crippen molar-refractivity contribution in [3.05, 3.63) is 34.9 Å². The number of thioether (sulfide) groups is 1. The van der Waals surface area contributed by atoms with Crippen LogP contribution in [0.5, 0.6) is 0 Å². The Morgan fingerprint density at radius 3 is 2.81 bits per heavy atom. The Labute approximate surface area is 135 Å². The van der Waals surface area contributed by atoms with E-state index in [1.807, 2.05) is 23.9 Å². The minimum absolute atomic E-state index is 0.350. The van der Waals surface area contributed by atoms with Gasteiger partial charge in [-0.15, -0.1) is 0 Å². The molecule has 3 nitrogen and oxygen atoms in total. The van der Waals surface area contributed by atoms with Gasteiger partial charge in [0.15, 0.2) is 5.17 Å². The first-order valence-electron chi connectivity index (χ1n) is 7.59. The average molecular weight is 325 g/mol. The molecule has 114 valence electrons. The Morgan fingerprint density at radius 2 is 2.14 bits per heavy atom. The van der Waals surface area contributed by atoms with Gasteiger partial charge in [0.2, 0.25) is 0 Å². The van der Waals surface area contributed by atoms with Gasteiger partial charge >= 0.3 is 0 Å². The molecule has 0 aliphatic carbocycles. The molecule has 2 aliphatic rings. The normalized spacial score (nSPS) is 22.1. The summed E-state index contributed by atoms with van der Waals surface area (Å²) in [4.78, 5) is 7.09. The van der Waals surface area contributed by atoms with E-state index in [9.17, 15) is 0 Å². The van der Waals surface area contributed by atoms with Crippen molar-refractivity contribution >= 4 is 28.5 Å². The molecule has 1 saturated heterocycles. The first-order chi connectivity index (χ1) is 10.3. The summed E-state index contributed by atoms with van der Waals surface area (Å²) in [5.41, 5.74) is 1.27. The van der Waals surface area contributed by atoms with Crippen LogP contribution in [0.1, 0.15) is 24.8 Å². The zero-order valence-electron chi connectivity index (χ0n) is 12.1. The molecule has 1 fully saturated rings. The number of amidine groups is 1. The maximum absolute atomic E-state index is 5.97. The Morgan fingerprint density at radius 1 is 1.29 bits per heavy atom. The first-order valence-corrected chi connectivity index (χ1v) is 8.96. The molecule has 2 heterocycles. The van der Waals surface area contributed by atoms with Crippen LogP contribution in [0.4, 0.5) is 0 Å². The molecule has 0 spiro atoms. The monoisotopic (exact) mass is 324 g/mol. The largest absolute Gasteiger partial charge is 0.376 e. The van der Waals surface area contributed by atoms with Crippen LogP contribution in [0.15, 0.2) is 29.3 Å². The van der Waals surface area contributed by atoms with Crippen molar-refractivity contribution in [3.8, 4) is 0 Å². The minimum Gasteiger partial charge on any atom is -0.376 e. The lowest BCUT2D eigenvalue weighted by atomic mass is 10.2. The van der Waals surface area contributed by atoms with Gasteiger partial charge in [0.25, 0.3) is 0 Å². The zero-order valence-corrected chi connectivity index (χ0v) is 13.7. The number of halogens is 1. The van der Waals surface area contributed by atoms with Crippen molar-refractivity contribution in [3.63, 3.8) is 0 Å². The van der Waals surface area contributed by atoms with E-state index in [0.29, 0.717) is 6.10 Å². The zero-order chi connectivity index (χ0) is 14.5. The van der Waals surface area contributed by atoms with Gasteiger partial charge in [0.1, 0.15) is 0 Å². The van der Waals surface area contributed by atoms with Gasteiger partial charge in [0.05, 0.1) is 6.10 Å². The van der Waals surface area contributed by atoms with Gasteiger partial charge in [-0.2, -0.15) is 0 Å². The van der Waals surface area contributed by atoms with Crippen molar-refractivity contribution < 1.29 is 4.74 Å². The van der Waals surface area contributed by atoms with Crippen LogP contribution in [-0.2, 0) is 11.3 Å². The predicted molar refractivity (Wildman–Crippen MR) is 90.2 cm³/mol. The second-order valence-electron chi connectivity index (χ2n) is 5.51. The lowest BCUT2D eigenvalue weighted by Gasteiger charge is -2.29. The molecular formula is C16H21ClN2OS. The number of ether oxygens (including phenoxy) is 1. The minimum atomic E-state index is 0.350. The summed E-state index contributed by atoms with van der Waals surface area (Å²) in [6.45, 7) is 3.67. The van der Waals surface area contributed by atoms with Crippen molar-refractivity contribution in [1.29, 1.82) is 0 Å². The third-order valence-corrected chi connectivity index (χ3v) is 5.18. The van der Waals surface area contributed by atoms with E-state index < -0.39 is 0 Å². The summed E-state index contributed by atoms with van der Waals surface area (Å²) in [6, 6.07) is 8.10. The summed E-state index contributed by atoms with van der Waals surface area (Å²) >= 11 is 7.84. The number of aliphatic imine (C=N–C) groups is 1. The first kappa shape index (κ1) is 15.2. The molecule has 0 amide bonds. The third-order valence-electron chi connectivity index (χ3n) is 3.79. The Balaban J connectivity index is 1.70. The summed E-state index contributed by atoms with van der Waals surface area (Å²) in [6.07, 6.45) is 3.87. The molecule has 0 aromatic heterocycles. The predicted octanol–water partition coefficient (Wildman–Crippen LogP) is 3.81. The number of rotatable bonds is 4. The second kappa shape index (κ2) is 7.52. The van der Waals surface area contributed by atoms with E-state index in [4.69, 9.17) is 21.3 Å². The molecule has 5 heteroatoms. The van der Waals surface area contributed by atoms with E-state index in [1.165, 1.54) is 29.3 Å². The lowest BCUT2D eigenvalue weighted by molar-refractivity contribution is 0.0906. The SMILES string of the molecule is Clc1ccc(CN(CC2CCCO2)C2=NCCCS2)cc1. The Hall–Kier alpha value is -0.710. The van der Waals surface area contributed by atoms with Gasteiger partial charge in [0, 0.05) is 37.0 Å². The fourth-order valence-electron chi connectivity index (χ4n) is 2.69. The highest BCUT2D eigenvalue weighted by atomic mass is 35.5. The highest BCUT2D eigenvalue weighted by molar-refractivity contribution is 8.13. The van der Waals surface area contributed by atoms with Crippen LogP contribution in [-0.4, -0.2) is 41.6 Å². The average Bonchev–Trinajstić information content (AvgIpc) is 3.03. The van der Waals surface area contributed by atoms with Crippen LogP contribution < -0.4 is 0 Å². The van der Waals surface area contributed by atoms with Crippen LogP contribution in [0, 0.1) is 0 Å². The van der Waals surface area contributed by atoms with Crippen molar-refractivity contribution in [2.24, 2.45) is 4.99 Å². The maximum atomic E-state index is 5.97. The smallest absolute Gasteiger partial charge is 0.159 e. The molecule has 1 aromatic carbocycles. The van der Waals surface area contributed by atoms with Crippen LogP contribution in [0.3, 0.4) is 0 Å². The molecular weight excluding hydrogens is 304 g/mol. The molecule has 3 rings (SSSR count). The molecule has 0 saturated carbocycles. The van der Waals surface area contributed by atoms with E-state index in [2.05, 4.69) is 17.0 Å². The molecule has 1 unspecified atom stereocenters. The third kappa shape index (κ3) is 4.38. The highest BCUT2D eigenvalue weighted by Crippen LogP contribution is 2.22. The van der Waals surface area contributed by atoms with E-state index in [-0.39, 0.29) is 0 Å². The van der Waals surface area contributed by atoms with Crippen molar-refractivity contribution in [2.45, 2.75) is 31.9 Å².